The Morgan fingerprint density at radius 2 is 1.96 bits per heavy atom. The number of pyridine rings is 1. The zero-order chi connectivity index (χ0) is 18.8. The lowest BCUT2D eigenvalue weighted by Gasteiger charge is -2.39. The summed E-state index contributed by atoms with van der Waals surface area (Å²) in [5, 5.41) is 12.6. The Bertz CT molecular complexity index is 935. The van der Waals surface area contributed by atoms with E-state index in [9.17, 15) is 4.79 Å². The van der Waals surface area contributed by atoms with Crippen molar-refractivity contribution in [3.63, 3.8) is 0 Å². The van der Waals surface area contributed by atoms with Gasteiger partial charge in [-0.05, 0) is 38.1 Å². The minimum absolute atomic E-state index is 0.0296. The highest BCUT2D eigenvalue weighted by atomic mass is 32.1. The summed E-state index contributed by atoms with van der Waals surface area (Å²) in [5.41, 5.74) is 2.64. The molecule has 0 atom stereocenters. The number of anilines is 1. The Hall–Kier alpha value is -2.87. The van der Waals surface area contributed by atoms with Crippen LogP contribution in [0.1, 0.15) is 20.4 Å². The maximum Gasteiger partial charge on any atom is 0.263 e. The van der Waals surface area contributed by atoms with E-state index >= 15 is 0 Å². The molecule has 3 aromatic heterocycles. The van der Waals surface area contributed by atoms with Crippen LogP contribution in [-0.4, -0.2) is 45.7 Å². The lowest BCUT2D eigenvalue weighted by Crippen LogP contribution is -2.51. The van der Waals surface area contributed by atoms with Crippen molar-refractivity contribution in [2.75, 3.05) is 24.5 Å². The minimum Gasteiger partial charge on any atom is -0.354 e. The van der Waals surface area contributed by atoms with Crippen LogP contribution < -0.4 is 10.2 Å². The predicted molar refractivity (Wildman–Crippen MR) is 105 cm³/mol. The number of rotatable bonds is 5. The summed E-state index contributed by atoms with van der Waals surface area (Å²) in [6.07, 6.45) is 3.49. The quantitative estimate of drug-likeness (QED) is 0.732. The maximum absolute atomic E-state index is 12.3. The Balaban J connectivity index is 1.28. The number of aryl methyl sites for hydroxylation is 2. The molecule has 8 heteroatoms. The van der Waals surface area contributed by atoms with Crippen LogP contribution in [0.3, 0.4) is 0 Å². The molecular weight excluding hydrogens is 360 g/mol. The van der Waals surface area contributed by atoms with Crippen LogP contribution in [0.2, 0.25) is 0 Å². The molecule has 0 radical (unpaired) electrons. The van der Waals surface area contributed by atoms with Gasteiger partial charge in [-0.15, -0.1) is 21.5 Å². The van der Waals surface area contributed by atoms with Crippen LogP contribution in [0.5, 0.6) is 0 Å². The highest BCUT2D eigenvalue weighted by Gasteiger charge is 2.28. The number of hydrogen-bond donors (Lipinski definition) is 1. The van der Waals surface area contributed by atoms with Crippen LogP contribution in [0.4, 0.5) is 5.82 Å². The van der Waals surface area contributed by atoms with E-state index in [1.165, 1.54) is 11.3 Å². The molecule has 7 nitrogen and oxygen atoms in total. The maximum atomic E-state index is 12.3. The second kappa shape index (κ2) is 7.40. The number of aromatic nitrogens is 4. The zero-order valence-electron chi connectivity index (χ0n) is 15.2. The van der Waals surface area contributed by atoms with Gasteiger partial charge >= 0.3 is 0 Å². The van der Waals surface area contributed by atoms with Gasteiger partial charge < -0.3 is 10.2 Å². The summed E-state index contributed by atoms with van der Waals surface area (Å²) >= 11 is 1.44. The van der Waals surface area contributed by atoms with E-state index in [-0.39, 0.29) is 5.91 Å². The Morgan fingerprint density at radius 3 is 2.59 bits per heavy atom. The third-order valence-electron chi connectivity index (χ3n) is 4.57. The van der Waals surface area contributed by atoms with Gasteiger partial charge in [0, 0.05) is 43.5 Å². The number of amides is 1. The number of thiazole rings is 1. The Morgan fingerprint density at radius 1 is 1.19 bits per heavy atom. The summed E-state index contributed by atoms with van der Waals surface area (Å²) in [5.74, 6) is 1.26. The Labute approximate surface area is 161 Å². The molecule has 0 saturated carbocycles. The molecule has 1 aliphatic heterocycles. The Kier molecular flexibility index (Phi) is 4.81. The molecule has 27 heavy (non-hydrogen) atoms. The van der Waals surface area contributed by atoms with Crippen molar-refractivity contribution in [3.8, 4) is 11.3 Å². The molecule has 3 aromatic rings. The first-order chi connectivity index (χ1) is 13.1. The van der Waals surface area contributed by atoms with Crippen LogP contribution in [-0.2, 0) is 0 Å². The molecule has 0 bridgehead atoms. The topological polar surface area (TPSA) is 83.9 Å². The van der Waals surface area contributed by atoms with E-state index in [4.69, 9.17) is 0 Å². The highest BCUT2D eigenvalue weighted by Crippen LogP contribution is 2.24. The molecule has 0 unspecified atom stereocenters. The van der Waals surface area contributed by atoms with Crippen LogP contribution in [0.15, 0.2) is 36.7 Å². The van der Waals surface area contributed by atoms with Crippen molar-refractivity contribution in [2.24, 2.45) is 5.92 Å². The van der Waals surface area contributed by atoms with Gasteiger partial charge in [-0.3, -0.25) is 9.78 Å². The van der Waals surface area contributed by atoms with Gasteiger partial charge in [-0.2, -0.15) is 0 Å². The van der Waals surface area contributed by atoms with Gasteiger partial charge in [-0.25, -0.2) is 4.98 Å². The monoisotopic (exact) mass is 380 g/mol. The van der Waals surface area contributed by atoms with Crippen LogP contribution in [0.25, 0.3) is 11.3 Å². The second-order valence-corrected chi connectivity index (χ2v) is 7.84. The first-order valence-corrected chi connectivity index (χ1v) is 9.63. The molecule has 4 rings (SSSR count). The fraction of sp³-hybridized carbons (Fsp3) is 0.316. The summed E-state index contributed by atoms with van der Waals surface area (Å²) in [4.78, 5) is 23.5. The number of nitrogens with one attached hydrogen (secondary N) is 1. The normalized spacial score (nSPS) is 14.1. The number of carbonyl (C=O) groups excluding carboxylic acids is 1. The van der Waals surface area contributed by atoms with E-state index in [0.717, 1.165) is 40.9 Å². The third-order valence-corrected chi connectivity index (χ3v) is 5.64. The van der Waals surface area contributed by atoms with Gasteiger partial charge in [0.25, 0.3) is 5.91 Å². The first kappa shape index (κ1) is 17.5. The molecule has 1 N–H and O–H groups in total. The van der Waals surface area contributed by atoms with Crippen molar-refractivity contribution in [1.82, 2.24) is 25.5 Å². The van der Waals surface area contributed by atoms with Crippen LogP contribution >= 0.6 is 11.3 Å². The number of hydrogen-bond acceptors (Lipinski definition) is 7. The largest absolute Gasteiger partial charge is 0.354 e. The van der Waals surface area contributed by atoms with Crippen molar-refractivity contribution >= 4 is 23.1 Å². The fourth-order valence-corrected chi connectivity index (χ4v) is 3.95. The lowest BCUT2D eigenvalue weighted by atomic mass is 10.00. The minimum atomic E-state index is -0.0296. The predicted octanol–water partition coefficient (Wildman–Crippen LogP) is 2.48. The molecule has 0 spiro atoms. The second-order valence-electron chi connectivity index (χ2n) is 6.64. The van der Waals surface area contributed by atoms with Gasteiger partial charge in [0.2, 0.25) is 0 Å². The highest BCUT2D eigenvalue weighted by molar-refractivity contribution is 7.13. The zero-order valence-corrected chi connectivity index (χ0v) is 16.0. The van der Waals surface area contributed by atoms with Crippen molar-refractivity contribution < 1.29 is 4.79 Å². The molecule has 0 aliphatic carbocycles. The fourth-order valence-electron chi connectivity index (χ4n) is 3.12. The molecule has 1 saturated heterocycles. The number of carbonyl (C=O) groups is 1. The van der Waals surface area contributed by atoms with Gasteiger partial charge in [0.1, 0.15) is 4.88 Å². The molecule has 1 fully saturated rings. The average molecular weight is 380 g/mol. The molecule has 1 aliphatic rings. The smallest absolute Gasteiger partial charge is 0.263 e. The van der Waals surface area contributed by atoms with E-state index in [1.54, 1.807) is 12.4 Å². The van der Waals surface area contributed by atoms with Crippen molar-refractivity contribution in [1.29, 1.82) is 0 Å². The summed E-state index contributed by atoms with van der Waals surface area (Å²) in [6, 6.07) is 7.79. The van der Waals surface area contributed by atoms with Crippen molar-refractivity contribution in [2.45, 2.75) is 13.8 Å². The van der Waals surface area contributed by atoms with Gasteiger partial charge in [0.05, 0.1) is 16.4 Å². The van der Waals surface area contributed by atoms with Crippen molar-refractivity contribution in [3.05, 3.63) is 52.2 Å². The first-order valence-electron chi connectivity index (χ1n) is 8.81. The molecular formula is C19H20N6OS. The lowest BCUT2D eigenvalue weighted by molar-refractivity contribution is 0.0948. The summed E-state index contributed by atoms with van der Waals surface area (Å²) in [6.45, 7) is 6.18. The summed E-state index contributed by atoms with van der Waals surface area (Å²) < 4.78 is 0. The molecule has 0 aromatic carbocycles. The molecule has 1 amide bonds. The molecule has 138 valence electrons. The number of nitrogens with zero attached hydrogens (tertiary/aromatic N) is 5. The van der Waals surface area contributed by atoms with Gasteiger partial charge in [0.15, 0.2) is 5.82 Å². The summed E-state index contributed by atoms with van der Waals surface area (Å²) in [7, 11) is 0. The van der Waals surface area contributed by atoms with E-state index < -0.39 is 0 Å². The molecule has 4 heterocycles. The third kappa shape index (κ3) is 3.80. The van der Waals surface area contributed by atoms with Crippen LogP contribution in [0, 0.1) is 19.8 Å². The van der Waals surface area contributed by atoms with E-state index in [2.05, 4.69) is 30.4 Å². The SMILES string of the molecule is Cc1nc(C)c(C(=O)NCC2CN(c3ccc(-c4ccncc4)nn3)C2)s1. The standard InChI is InChI=1S/C19H20N6OS/c1-12-18(27-13(2)22-12)19(26)21-9-14-10-25(11-14)17-4-3-16(23-24-17)15-5-7-20-8-6-15/h3-8,14H,9-11H2,1-2H3,(H,21,26). The van der Waals surface area contributed by atoms with E-state index in [1.807, 2.05) is 38.1 Å². The van der Waals surface area contributed by atoms with E-state index in [0.29, 0.717) is 17.3 Å². The average Bonchev–Trinajstić information content (AvgIpc) is 3.00. The van der Waals surface area contributed by atoms with Gasteiger partial charge in [-0.1, -0.05) is 0 Å².